The largest absolute Gasteiger partial charge is 1.00 e. The van der Waals surface area contributed by atoms with Gasteiger partial charge in [-0.2, -0.15) is 0 Å². The van der Waals surface area contributed by atoms with Gasteiger partial charge in [-0.1, -0.05) is 31.9 Å². The van der Waals surface area contributed by atoms with Gasteiger partial charge < -0.3 is 24.4 Å². The molecular formula is C21H23Br2NaO7. The number of carbonyl (C=O) groups excluding carboxylic acids is 2. The van der Waals surface area contributed by atoms with E-state index < -0.39 is 0 Å². The van der Waals surface area contributed by atoms with E-state index >= 15 is 0 Å². The molecule has 0 atom stereocenters. The minimum absolute atomic E-state index is 0. The topological polar surface area (TPSA) is 101 Å². The third-order valence-electron chi connectivity index (χ3n) is 3.62. The van der Waals surface area contributed by atoms with Crippen molar-refractivity contribution in [2.75, 3.05) is 28.4 Å². The molecule has 0 bridgehead atoms. The van der Waals surface area contributed by atoms with Crippen molar-refractivity contribution in [2.24, 2.45) is 0 Å². The van der Waals surface area contributed by atoms with Crippen LogP contribution in [-0.4, -0.2) is 46.0 Å². The number of hydrogen-bond donors (Lipinski definition) is 0. The van der Waals surface area contributed by atoms with Crippen LogP contribution in [-0.2, 0) is 4.79 Å². The third kappa shape index (κ3) is 9.76. The molecule has 2 aromatic rings. The summed E-state index contributed by atoms with van der Waals surface area (Å²) in [7, 11) is 6.17. The monoisotopic (exact) mass is 568 g/mol. The van der Waals surface area contributed by atoms with E-state index in [1.165, 1.54) is 27.2 Å². The third-order valence-corrected chi connectivity index (χ3v) is 4.54. The minimum atomic E-state index is -0.0213. The van der Waals surface area contributed by atoms with Gasteiger partial charge in [-0.3, -0.25) is 9.59 Å². The summed E-state index contributed by atoms with van der Waals surface area (Å²) < 4.78 is 22.2. The number of benzene rings is 2. The predicted octanol–water partition coefficient (Wildman–Crippen LogP) is 2.17. The van der Waals surface area contributed by atoms with Crippen LogP contribution in [0.1, 0.15) is 22.8 Å². The molecule has 0 amide bonds. The first-order valence-corrected chi connectivity index (χ1v) is 9.86. The van der Waals surface area contributed by atoms with E-state index in [2.05, 4.69) is 31.9 Å². The molecule has 0 heterocycles. The average Bonchev–Trinajstić information content (AvgIpc) is 2.71. The van der Waals surface area contributed by atoms with E-state index in [9.17, 15) is 9.59 Å². The van der Waals surface area contributed by atoms with Crippen LogP contribution in [0.25, 0.3) is 6.08 Å². The molecule has 0 aliphatic carbocycles. The quantitative estimate of drug-likeness (QED) is 0.286. The fourth-order valence-corrected chi connectivity index (χ4v) is 3.13. The maximum absolute atomic E-state index is 10.9. The average molecular weight is 570 g/mol. The van der Waals surface area contributed by atoms with Crippen LogP contribution in [0.3, 0.4) is 0 Å². The molecular weight excluding hydrogens is 547 g/mol. The zero-order valence-corrected chi connectivity index (χ0v) is 23.4. The van der Waals surface area contributed by atoms with Crippen LogP contribution in [0.15, 0.2) is 39.3 Å². The molecule has 0 radical (unpaired) electrons. The second-order valence-electron chi connectivity index (χ2n) is 5.51. The van der Waals surface area contributed by atoms with Crippen molar-refractivity contribution in [2.45, 2.75) is 6.92 Å². The van der Waals surface area contributed by atoms with Crippen molar-refractivity contribution in [1.82, 2.24) is 0 Å². The zero-order valence-electron chi connectivity index (χ0n) is 18.2. The van der Waals surface area contributed by atoms with E-state index in [1.54, 1.807) is 32.4 Å². The standard InChI is InChI=1S/C12H13BrO3.C9H9BrO3.Na.H2O/c1-8(14)4-5-10-11(15-2)6-9(13)7-12(10)16-3;1-12-8-3-6(10)4-9(13-2)7(8)5-11;;/h4-7H,1-3H3;3-5H,1-2H3;;1H2/q;;+1;/p-1/b5-4+;;;. The Kier molecular flexibility index (Phi) is 16.7. The molecule has 7 nitrogen and oxygen atoms in total. The summed E-state index contributed by atoms with van der Waals surface area (Å²) in [6.45, 7) is 1.49. The Morgan fingerprint density at radius 2 is 1.10 bits per heavy atom. The summed E-state index contributed by atoms with van der Waals surface area (Å²) in [5.74, 6) is 2.29. The number of carbonyl (C=O) groups is 2. The van der Waals surface area contributed by atoms with E-state index in [0.717, 1.165) is 14.5 Å². The Bertz CT molecular complexity index is 851. The molecule has 0 unspecified atom stereocenters. The molecule has 0 aliphatic rings. The van der Waals surface area contributed by atoms with Gasteiger partial charge in [-0.15, -0.1) is 0 Å². The number of aldehydes is 1. The second-order valence-corrected chi connectivity index (χ2v) is 7.34. The molecule has 0 saturated heterocycles. The van der Waals surface area contributed by atoms with Crippen LogP contribution in [0.2, 0.25) is 0 Å². The maximum Gasteiger partial charge on any atom is 1.00 e. The summed E-state index contributed by atoms with van der Waals surface area (Å²) in [5, 5.41) is 0. The number of methoxy groups -OCH3 is 4. The number of rotatable bonds is 7. The van der Waals surface area contributed by atoms with Gasteiger partial charge in [-0.25, -0.2) is 0 Å². The second kappa shape index (κ2) is 16.3. The smallest absolute Gasteiger partial charge is 0.870 e. The van der Waals surface area contributed by atoms with Crippen LogP contribution in [0.5, 0.6) is 23.0 Å². The predicted molar refractivity (Wildman–Crippen MR) is 122 cm³/mol. The Morgan fingerprint density at radius 3 is 1.35 bits per heavy atom. The molecule has 164 valence electrons. The van der Waals surface area contributed by atoms with Gasteiger partial charge in [0.1, 0.15) is 23.0 Å². The van der Waals surface area contributed by atoms with Crippen molar-refractivity contribution in [3.63, 3.8) is 0 Å². The van der Waals surface area contributed by atoms with E-state index in [4.69, 9.17) is 18.9 Å². The van der Waals surface area contributed by atoms with Crippen molar-refractivity contribution >= 4 is 50.0 Å². The molecule has 0 saturated carbocycles. The number of ketones is 1. The minimum Gasteiger partial charge on any atom is -0.870 e. The number of allylic oxidation sites excluding steroid dienone is 1. The molecule has 0 fully saturated rings. The van der Waals surface area contributed by atoms with Gasteiger partial charge in [0.05, 0.1) is 39.6 Å². The maximum atomic E-state index is 10.9. The molecule has 0 aliphatic heterocycles. The first kappa shape index (κ1) is 31.8. The number of hydrogen-bond acceptors (Lipinski definition) is 7. The van der Waals surface area contributed by atoms with Gasteiger partial charge in [0, 0.05) is 8.95 Å². The van der Waals surface area contributed by atoms with Gasteiger partial charge >= 0.3 is 29.6 Å². The molecule has 1 N–H and O–H groups in total. The number of ether oxygens (including phenoxy) is 4. The fourth-order valence-electron chi connectivity index (χ4n) is 2.29. The molecule has 2 aromatic carbocycles. The van der Waals surface area contributed by atoms with Crippen molar-refractivity contribution in [3.8, 4) is 23.0 Å². The van der Waals surface area contributed by atoms with Gasteiger partial charge in [0.2, 0.25) is 0 Å². The van der Waals surface area contributed by atoms with Crippen LogP contribution < -0.4 is 48.5 Å². The normalized spacial score (nSPS) is 9.39. The summed E-state index contributed by atoms with van der Waals surface area (Å²) in [4.78, 5) is 21.6. The molecule has 0 aromatic heterocycles. The van der Waals surface area contributed by atoms with Crippen LogP contribution in [0.4, 0.5) is 0 Å². The molecule has 10 heteroatoms. The first-order chi connectivity index (χ1) is 13.8. The summed E-state index contributed by atoms with van der Waals surface area (Å²) >= 11 is 6.64. The van der Waals surface area contributed by atoms with E-state index in [1.807, 2.05) is 12.1 Å². The Hall–Kier alpha value is -1.36. The van der Waals surface area contributed by atoms with Gasteiger partial charge in [0.25, 0.3) is 0 Å². The Labute approximate surface area is 220 Å². The van der Waals surface area contributed by atoms with Gasteiger partial charge in [0.15, 0.2) is 12.1 Å². The van der Waals surface area contributed by atoms with E-state index in [0.29, 0.717) is 34.8 Å². The zero-order chi connectivity index (χ0) is 22.0. The number of halogens is 2. The van der Waals surface area contributed by atoms with Gasteiger partial charge in [-0.05, 0) is 43.3 Å². The summed E-state index contributed by atoms with van der Waals surface area (Å²) in [6, 6.07) is 7.07. The fraction of sp³-hybridized carbons (Fsp3) is 0.238. The molecule has 31 heavy (non-hydrogen) atoms. The van der Waals surface area contributed by atoms with Crippen molar-refractivity contribution in [1.29, 1.82) is 0 Å². The van der Waals surface area contributed by atoms with Crippen molar-refractivity contribution in [3.05, 3.63) is 50.4 Å². The summed E-state index contributed by atoms with van der Waals surface area (Å²) in [6.07, 6.45) is 3.88. The van der Waals surface area contributed by atoms with Crippen LogP contribution in [0, 0.1) is 0 Å². The Balaban J connectivity index is 0. The Morgan fingerprint density at radius 1 is 0.774 bits per heavy atom. The van der Waals surface area contributed by atoms with Crippen molar-refractivity contribution < 1.29 is 63.6 Å². The van der Waals surface area contributed by atoms with E-state index in [-0.39, 0.29) is 40.8 Å². The summed E-state index contributed by atoms with van der Waals surface area (Å²) in [5.41, 5.74) is 1.18. The molecule has 0 spiro atoms. The SMILES string of the molecule is COc1cc(Br)cc(OC)c1/C=C/C(C)=O.COc1cc(Br)cc(OC)c1C=O.[Na+].[OH-]. The van der Waals surface area contributed by atoms with Crippen LogP contribution >= 0.6 is 31.9 Å². The molecule has 2 rings (SSSR count). The first-order valence-electron chi connectivity index (χ1n) is 8.28.